The highest BCUT2D eigenvalue weighted by Crippen LogP contribution is 2.27. The Morgan fingerprint density at radius 1 is 1.24 bits per heavy atom. The second-order valence-corrected chi connectivity index (χ2v) is 9.23. The topological polar surface area (TPSA) is 46.6 Å². The van der Waals surface area contributed by atoms with Crippen molar-refractivity contribution in [1.29, 1.82) is 0 Å². The Labute approximate surface area is 137 Å². The first-order valence-electron chi connectivity index (χ1n) is 6.31. The lowest BCUT2D eigenvalue weighted by molar-refractivity contribution is 0.285. The predicted molar refractivity (Wildman–Crippen MR) is 88.5 cm³/mol. The molecule has 21 heavy (non-hydrogen) atoms. The minimum atomic E-state index is -3.44. The second-order valence-electron chi connectivity index (χ2n) is 4.50. The number of hydrogen-bond acceptors (Lipinski definition) is 4. The van der Waals surface area contributed by atoms with Gasteiger partial charge in [-0.3, -0.25) is 0 Å². The molecule has 0 saturated carbocycles. The summed E-state index contributed by atoms with van der Waals surface area (Å²) >= 11 is 4.48. The van der Waals surface area contributed by atoms with Gasteiger partial charge in [0.2, 0.25) is 0 Å². The molecule has 4 nitrogen and oxygen atoms in total. The summed E-state index contributed by atoms with van der Waals surface area (Å²) in [6, 6.07) is 11.0. The average molecular weight is 390 g/mol. The molecule has 1 heterocycles. The molecule has 1 aromatic heterocycles. The Bertz CT molecular complexity index is 713. The van der Waals surface area contributed by atoms with Crippen LogP contribution in [0, 0.1) is 6.92 Å². The number of hydrogen-bond donors (Lipinski definition) is 0. The zero-order valence-corrected chi connectivity index (χ0v) is 15.0. The van der Waals surface area contributed by atoms with E-state index < -0.39 is 10.0 Å². The van der Waals surface area contributed by atoms with Gasteiger partial charge in [-0.1, -0.05) is 18.2 Å². The van der Waals surface area contributed by atoms with Crippen molar-refractivity contribution in [2.24, 2.45) is 0 Å². The van der Waals surface area contributed by atoms with Gasteiger partial charge in [0.05, 0.1) is 3.79 Å². The first kappa shape index (κ1) is 16.5. The van der Waals surface area contributed by atoms with Gasteiger partial charge in [-0.15, -0.1) is 11.3 Å². The van der Waals surface area contributed by atoms with Crippen molar-refractivity contribution in [3.05, 3.63) is 45.7 Å². The van der Waals surface area contributed by atoms with Gasteiger partial charge >= 0.3 is 0 Å². The third-order valence-corrected chi connectivity index (χ3v) is 6.92. The van der Waals surface area contributed by atoms with Gasteiger partial charge in [0, 0.05) is 13.6 Å². The molecule has 1 aromatic carbocycles. The van der Waals surface area contributed by atoms with E-state index in [1.807, 2.05) is 31.2 Å². The van der Waals surface area contributed by atoms with E-state index in [4.69, 9.17) is 4.74 Å². The minimum Gasteiger partial charge on any atom is -0.492 e. The van der Waals surface area contributed by atoms with Gasteiger partial charge in [-0.05, 0) is 46.6 Å². The van der Waals surface area contributed by atoms with Gasteiger partial charge < -0.3 is 4.74 Å². The van der Waals surface area contributed by atoms with Crippen LogP contribution in [0.4, 0.5) is 0 Å². The lowest BCUT2D eigenvalue weighted by Gasteiger charge is -2.16. The fraction of sp³-hybridized carbons (Fsp3) is 0.286. The van der Waals surface area contributed by atoms with Crippen molar-refractivity contribution < 1.29 is 13.2 Å². The van der Waals surface area contributed by atoms with Crippen LogP contribution in [0.5, 0.6) is 5.75 Å². The molecule has 0 amide bonds. The maximum Gasteiger partial charge on any atom is 0.252 e. The molecule has 2 aromatic rings. The number of sulfonamides is 1. The lowest BCUT2D eigenvalue weighted by Crippen LogP contribution is -2.30. The summed E-state index contributed by atoms with van der Waals surface area (Å²) in [4.78, 5) is 0. The van der Waals surface area contributed by atoms with E-state index in [0.29, 0.717) is 17.4 Å². The SMILES string of the molecule is Cc1ccccc1OCCN(C)S(=O)(=O)c1ccc(Br)s1. The maximum atomic E-state index is 12.3. The summed E-state index contributed by atoms with van der Waals surface area (Å²) in [6.45, 7) is 2.57. The molecule has 2 rings (SSSR count). The molecule has 0 radical (unpaired) electrons. The van der Waals surface area contributed by atoms with Crippen LogP contribution in [-0.4, -0.2) is 32.9 Å². The normalized spacial score (nSPS) is 11.8. The molecular weight excluding hydrogens is 374 g/mol. The van der Waals surface area contributed by atoms with Gasteiger partial charge in [0.15, 0.2) is 0 Å². The zero-order valence-electron chi connectivity index (χ0n) is 11.7. The monoisotopic (exact) mass is 389 g/mol. The standard InChI is InChI=1S/C14H16BrNO3S2/c1-11-5-3-4-6-12(11)19-10-9-16(2)21(17,18)14-8-7-13(15)20-14/h3-8H,9-10H2,1-2H3. The van der Waals surface area contributed by atoms with Crippen LogP contribution in [-0.2, 0) is 10.0 Å². The van der Waals surface area contributed by atoms with E-state index in [-0.39, 0.29) is 0 Å². The third kappa shape index (κ3) is 4.06. The lowest BCUT2D eigenvalue weighted by atomic mass is 10.2. The van der Waals surface area contributed by atoms with Gasteiger partial charge in [-0.2, -0.15) is 4.31 Å². The molecule has 0 bridgehead atoms. The van der Waals surface area contributed by atoms with E-state index in [1.165, 1.54) is 15.6 Å². The maximum absolute atomic E-state index is 12.3. The number of benzene rings is 1. The third-order valence-electron chi connectivity index (χ3n) is 2.97. The average Bonchev–Trinajstić information content (AvgIpc) is 2.88. The highest BCUT2D eigenvalue weighted by atomic mass is 79.9. The molecular formula is C14H16BrNO3S2. The first-order chi connectivity index (χ1) is 9.91. The smallest absolute Gasteiger partial charge is 0.252 e. The first-order valence-corrected chi connectivity index (χ1v) is 9.36. The quantitative estimate of drug-likeness (QED) is 0.758. The van der Waals surface area contributed by atoms with Crippen molar-refractivity contribution in [1.82, 2.24) is 4.31 Å². The summed E-state index contributed by atoms with van der Waals surface area (Å²) in [7, 11) is -1.88. The van der Waals surface area contributed by atoms with Crippen molar-refractivity contribution in [3.8, 4) is 5.75 Å². The van der Waals surface area contributed by atoms with Gasteiger partial charge in [-0.25, -0.2) is 8.42 Å². The fourth-order valence-corrected chi connectivity index (χ4v) is 5.09. The van der Waals surface area contributed by atoms with Gasteiger partial charge in [0.25, 0.3) is 10.0 Å². The second kappa shape index (κ2) is 6.91. The molecule has 0 aliphatic carbocycles. The molecule has 0 aliphatic heterocycles. The molecule has 0 spiro atoms. The highest BCUT2D eigenvalue weighted by Gasteiger charge is 2.22. The van der Waals surface area contributed by atoms with Crippen molar-refractivity contribution >= 4 is 37.3 Å². The molecule has 0 aliphatic rings. The minimum absolute atomic E-state index is 0.298. The largest absolute Gasteiger partial charge is 0.492 e. The van der Waals surface area contributed by atoms with Crippen LogP contribution in [0.1, 0.15) is 5.56 Å². The van der Waals surface area contributed by atoms with E-state index in [0.717, 1.165) is 15.1 Å². The summed E-state index contributed by atoms with van der Waals surface area (Å²) in [5.74, 6) is 0.780. The highest BCUT2D eigenvalue weighted by molar-refractivity contribution is 9.11. The molecule has 0 fully saturated rings. The number of ether oxygens (including phenoxy) is 1. The molecule has 7 heteroatoms. The summed E-state index contributed by atoms with van der Waals surface area (Å²) < 4.78 is 32.7. The van der Waals surface area contributed by atoms with Crippen LogP contribution < -0.4 is 4.74 Å². The van der Waals surface area contributed by atoms with Gasteiger partial charge in [0.1, 0.15) is 16.6 Å². The van der Waals surface area contributed by atoms with E-state index in [9.17, 15) is 8.42 Å². The molecule has 0 unspecified atom stereocenters. The predicted octanol–water partition coefficient (Wildman–Crippen LogP) is 3.52. The van der Waals surface area contributed by atoms with Crippen LogP contribution >= 0.6 is 27.3 Å². The number of halogens is 1. The Kier molecular flexibility index (Phi) is 5.43. The van der Waals surface area contributed by atoms with Crippen LogP contribution in [0.25, 0.3) is 0 Å². The van der Waals surface area contributed by atoms with Crippen LogP contribution in [0.2, 0.25) is 0 Å². The summed E-state index contributed by atoms with van der Waals surface area (Å²) in [5, 5.41) is 0. The van der Waals surface area contributed by atoms with E-state index in [2.05, 4.69) is 15.9 Å². The number of likely N-dealkylation sites (N-methyl/N-ethyl adjacent to an activating group) is 1. The molecule has 0 atom stereocenters. The number of aryl methyl sites for hydroxylation is 1. The molecule has 114 valence electrons. The van der Waals surface area contributed by atoms with E-state index in [1.54, 1.807) is 19.2 Å². The summed E-state index contributed by atoms with van der Waals surface area (Å²) in [5.41, 5.74) is 1.03. The Hall–Kier alpha value is -0.890. The van der Waals surface area contributed by atoms with Crippen LogP contribution in [0.3, 0.4) is 0 Å². The van der Waals surface area contributed by atoms with E-state index >= 15 is 0 Å². The van der Waals surface area contributed by atoms with Crippen LogP contribution in [0.15, 0.2) is 44.4 Å². The molecule has 0 saturated heterocycles. The number of thiophene rings is 1. The number of rotatable bonds is 6. The van der Waals surface area contributed by atoms with Crippen molar-refractivity contribution in [2.75, 3.05) is 20.2 Å². The molecule has 0 N–H and O–H groups in total. The summed E-state index contributed by atoms with van der Waals surface area (Å²) in [6.07, 6.45) is 0. The van der Waals surface area contributed by atoms with Crippen molar-refractivity contribution in [2.45, 2.75) is 11.1 Å². The fourth-order valence-electron chi connectivity index (χ4n) is 1.71. The zero-order chi connectivity index (χ0) is 15.5. The number of para-hydroxylation sites is 1. The Balaban J connectivity index is 1.96. The van der Waals surface area contributed by atoms with Crippen molar-refractivity contribution in [3.63, 3.8) is 0 Å². The number of nitrogens with zero attached hydrogens (tertiary/aromatic N) is 1. The Morgan fingerprint density at radius 2 is 1.95 bits per heavy atom. The Morgan fingerprint density at radius 3 is 2.57 bits per heavy atom.